The second-order valence-corrected chi connectivity index (χ2v) is 15.2. The second kappa shape index (κ2) is 16.9. The Morgan fingerprint density at radius 1 is 0.931 bits per heavy atom. The lowest BCUT2D eigenvalue weighted by molar-refractivity contribution is -0.136. The van der Waals surface area contributed by atoms with Gasteiger partial charge >= 0.3 is 6.09 Å². The van der Waals surface area contributed by atoms with Crippen LogP contribution < -0.4 is 11.1 Å². The average Bonchev–Trinajstić information content (AvgIpc) is 4.10. The molecule has 14 nitrogen and oxygen atoms in total. The van der Waals surface area contributed by atoms with E-state index >= 15 is 4.39 Å². The highest BCUT2D eigenvalue weighted by Crippen LogP contribution is 2.36. The number of carbonyl (C=O) groups excluding carboxylic acids is 3. The summed E-state index contributed by atoms with van der Waals surface area (Å²) in [5.74, 6) is 0.759. The third-order valence-corrected chi connectivity index (χ3v) is 11.7. The Bertz CT molecular complexity index is 2320. The molecule has 5 aromatic rings. The molecule has 302 valence electrons. The van der Waals surface area contributed by atoms with E-state index in [0.717, 1.165) is 55.2 Å². The molecule has 58 heavy (non-hydrogen) atoms. The van der Waals surface area contributed by atoms with Crippen molar-refractivity contribution < 1.29 is 28.2 Å². The van der Waals surface area contributed by atoms with Crippen LogP contribution in [0.3, 0.4) is 0 Å². The zero-order valence-electron chi connectivity index (χ0n) is 32.5. The number of H-pyrrole nitrogens is 2. The van der Waals surface area contributed by atoms with Crippen LogP contribution in [0, 0.1) is 11.7 Å². The van der Waals surface area contributed by atoms with Gasteiger partial charge in [0, 0.05) is 48.4 Å². The Morgan fingerprint density at radius 2 is 1.57 bits per heavy atom. The van der Waals surface area contributed by atoms with E-state index in [1.165, 1.54) is 13.2 Å². The largest absolute Gasteiger partial charge is 0.453 e. The summed E-state index contributed by atoms with van der Waals surface area (Å²) in [6.07, 6.45) is 9.38. The summed E-state index contributed by atoms with van der Waals surface area (Å²) >= 11 is 0. The van der Waals surface area contributed by atoms with Crippen molar-refractivity contribution in [2.75, 3.05) is 33.4 Å². The highest BCUT2D eigenvalue weighted by molar-refractivity contribution is 5.87. The maximum Gasteiger partial charge on any atom is 0.407 e. The zero-order chi connectivity index (χ0) is 40.3. The van der Waals surface area contributed by atoms with E-state index in [9.17, 15) is 14.4 Å². The number of imidazole rings is 2. The van der Waals surface area contributed by atoms with Gasteiger partial charge in [-0.2, -0.15) is 0 Å². The number of pyridine rings is 1. The molecule has 0 aliphatic carbocycles. The number of nitrogens with two attached hydrogens (primary N) is 1. The molecule has 3 fully saturated rings. The number of hydrogen-bond donors (Lipinski definition) is 4. The Hall–Kier alpha value is -5.93. The van der Waals surface area contributed by atoms with Gasteiger partial charge in [0.1, 0.15) is 23.5 Å². The lowest BCUT2D eigenvalue weighted by Gasteiger charge is -2.32. The van der Waals surface area contributed by atoms with Crippen molar-refractivity contribution in [1.29, 1.82) is 0 Å². The van der Waals surface area contributed by atoms with Gasteiger partial charge in [0.2, 0.25) is 11.8 Å². The summed E-state index contributed by atoms with van der Waals surface area (Å²) < 4.78 is 26.0. The molecular formula is C43H48FN9O5. The number of benzene rings is 2. The van der Waals surface area contributed by atoms with E-state index in [-0.39, 0.29) is 36.2 Å². The smallest absolute Gasteiger partial charge is 0.407 e. The Labute approximate surface area is 335 Å². The van der Waals surface area contributed by atoms with Crippen molar-refractivity contribution in [2.45, 2.75) is 69.1 Å². The summed E-state index contributed by atoms with van der Waals surface area (Å²) in [6.45, 7) is 6.16. The maximum absolute atomic E-state index is 15.8. The van der Waals surface area contributed by atoms with E-state index in [0.29, 0.717) is 66.0 Å². The first-order valence-electron chi connectivity index (χ1n) is 19.9. The number of likely N-dealkylation sites (tertiary alicyclic amines) is 2. The minimum atomic E-state index is -0.783. The third-order valence-electron chi connectivity index (χ3n) is 11.7. The van der Waals surface area contributed by atoms with Crippen molar-refractivity contribution >= 4 is 28.8 Å². The van der Waals surface area contributed by atoms with E-state index in [1.54, 1.807) is 35.5 Å². The van der Waals surface area contributed by atoms with Crippen molar-refractivity contribution in [3.8, 4) is 33.8 Å². The molecule has 3 aliphatic heterocycles. The van der Waals surface area contributed by atoms with Crippen LogP contribution in [-0.4, -0.2) is 98.1 Å². The molecule has 15 heteroatoms. The number of amides is 3. The van der Waals surface area contributed by atoms with E-state index in [4.69, 9.17) is 20.2 Å². The minimum Gasteiger partial charge on any atom is -0.453 e. The number of aromatic amines is 2. The molecule has 5 N–H and O–H groups in total. The standard InChI is InChI=1S/C43H48FN9O5/c1-3-6-33(51-43(56)57-2)41(54)52-17-4-7-36(52)39-46-23-34(49-39)27-10-13-31-26(21-27)11-14-32(48-31)29-12-9-28(22-30(29)44)35-24-47-40(50-35)37-8-5-18-53(37)42(55)38(45)25-15-19-58-20-16-25/h3,9-14,21-25,33,36-38H,1,4-8,15-20,45H2,2H3,(H,46,49)(H,47,50)(H,51,56)/t33-,36-,37-,38-/m0/s1. The van der Waals surface area contributed by atoms with Crippen LogP contribution in [0.1, 0.15) is 68.7 Å². The van der Waals surface area contributed by atoms with Gasteiger partial charge < -0.3 is 40.3 Å². The monoisotopic (exact) mass is 789 g/mol. The van der Waals surface area contributed by atoms with Crippen LogP contribution >= 0.6 is 0 Å². The summed E-state index contributed by atoms with van der Waals surface area (Å²) in [6, 6.07) is 12.8. The number of halogens is 1. The van der Waals surface area contributed by atoms with Gasteiger partial charge in [0.05, 0.1) is 60.2 Å². The zero-order valence-corrected chi connectivity index (χ0v) is 32.5. The van der Waals surface area contributed by atoms with Gasteiger partial charge in [-0.15, -0.1) is 6.58 Å². The van der Waals surface area contributed by atoms with Gasteiger partial charge in [-0.05, 0) is 81.2 Å². The van der Waals surface area contributed by atoms with Crippen molar-refractivity contribution in [1.82, 2.24) is 40.0 Å². The molecule has 0 bridgehead atoms. The molecule has 6 heterocycles. The predicted molar refractivity (Wildman–Crippen MR) is 215 cm³/mol. The first kappa shape index (κ1) is 38.9. The first-order valence-corrected chi connectivity index (χ1v) is 19.9. The molecule has 0 unspecified atom stereocenters. The average molecular weight is 790 g/mol. The third kappa shape index (κ3) is 7.83. The van der Waals surface area contributed by atoms with Crippen LogP contribution in [-0.2, 0) is 19.1 Å². The second-order valence-electron chi connectivity index (χ2n) is 15.2. The number of methoxy groups -OCH3 is 1. The molecule has 4 atom stereocenters. The number of nitrogens with one attached hydrogen (secondary N) is 3. The number of rotatable bonds is 11. The Kier molecular flexibility index (Phi) is 11.3. The van der Waals surface area contributed by atoms with Gasteiger partial charge in [-0.25, -0.2) is 24.1 Å². The quantitative estimate of drug-likeness (QED) is 0.113. The number of alkyl carbamates (subject to hydrolysis) is 1. The van der Waals surface area contributed by atoms with Crippen molar-refractivity contribution in [3.05, 3.63) is 91.0 Å². The number of aromatic nitrogens is 5. The molecule has 8 rings (SSSR count). The van der Waals surface area contributed by atoms with Gasteiger partial charge in [-0.3, -0.25) is 9.59 Å². The van der Waals surface area contributed by atoms with Crippen LogP contribution in [0.5, 0.6) is 0 Å². The number of ether oxygens (including phenoxy) is 2. The topological polar surface area (TPSA) is 184 Å². The number of fused-ring (bicyclic) bond motifs is 1. The predicted octanol–water partition coefficient (Wildman–Crippen LogP) is 6.20. The van der Waals surface area contributed by atoms with Crippen LogP contribution in [0.4, 0.5) is 9.18 Å². The highest BCUT2D eigenvalue weighted by Gasteiger charge is 2.38. The fraction of sp³-hybridized carbons (Fsp3) is 0.395. The van der Waals surface area contributed by atoms with Crippen LogP contribution in [0.25, 0.3) is 44.7 Å². The maximum atomic E-state index is 15.8. The Balaban J connectivity index is 0.949. The lowest BCUT2D eigenvalue weighted by Crippen LogP contribution is -2.48. The number of nitrogens with zero attached hydrogens (tertiary/aromatic N) is 5. The molecular weight excluding hydrogens is 742 g/mol. The molecule has 2 aromatic carbocycles. The molecule has 0 saturated carbocycles. The number of hydrogen-bond acceptors (Lipinski definition) is 9. The lowest BCUT2D eigenvalue weighted by atomic mass is 9.91. The van der Waals surface area contributed by atoms with Crippen LogP contribution in [0.2, 0.25) is 0 Å². The van der Waals surface area contributed by atoms with Crippen molar-refractivity contribution in [2.24, 2.45) is 11.7 Å². The minimum absolute atomic E-state index is 0.0516. The Morgan fingerprint density at radius 3 is 2.21 bits per heavy atom. The molecule has 3 aromatic heterocycles. The number of carbonyl (C=O) groups is 3. The molecule has 3 aliphatic rings. The van der Waals surface area contributed by atoms with Crippen molar-refractivity contribution in [3.63, 3.8) is 0 Å². The van der Waals surface area contributed by atoms with E-state index in [2.05, 4.69) is 31.8 Å². The van der Waals surface area contributed by atoms with Gasteiger partial charge in [0.25, 0.3) is 0 Å². The molecule has 3 amide bonds. The SMILES string of the molecule is C=CC[C@H](NC(=O)OC)C(=O)N1CCC[C@H]1c1ncc(-c2ccc3nc(-c4ccc(-c5cnc([C@@H]6CCCN6C(=O)[C@@H](N)C6CCOCC6)[nH]5)cc4F)ccc3c2)[nH]1. The highest BCUT2D eigenvalue weighted by atomic mass is 19.1. The van der Waals surface area contributed by atoms with E-state index < -0.39 is 24.0 Å². The van der Waals surface area contributed by atoms with E-state index in [1.807, 2.05) is 35.2 Å². The van der Waals surface area contributed by atoms with Gasteiger partial charge in [0.15, 0.2) is 0 Å². The molecule has 0 spiro atoms. The first-order chi connectivity index (χ1) is 28.2. The summed E-state index contributed by atoms with van der Waals surface area (Å²) in [5, 5.41) is 3.48. The fourth-order valence-corrected chi connectivity index (χ4v) is 8.53. The summed E-state index contributed by atoms with van der Waals surface area (Å²) in [5.41, 5.74) is 11.0. The molecule has 0 radical (unpaired) electrons. The summed E-state index contributed by atoms with van der Waals surface area (Å²) in [7, 11) is 1.26. The normalized spacial score (nSPS) is 19.6. The van der Waals surface area contributed by atoms with Crippen LogP contribution in [0.15, 0.2) is 73.6 Å². The fourth-order valence-electron chi connectivity index (χ4n) is 8.53. The summed E-state index contributed by atoms with van der Waals surface area (Å²) in [4.78, 5) is 63.2. The van der Waals surface area contributed by atoms with Gasteiger partial charge in [-0.1, -0.05) is 24.3 Å². The molecule has 3 saturated heterocycles.